The van der Waals surface area contributed by atoms with Gasteiger partial charge in [0.05, 0.1) is 13.1 Å². The summed E-state index contributed by atoms with van der Waals surface area (Å²) < 4.78 is 11.8. The Balaban J connectivity index is 1.58. The Bertz CT molecular complexity index is 1130. The molecular formula is C20H19N7OS2. The van der Waals surface area contributed by atoms with Crippen LogP contribution in [0.1, 0.15) is 5.56 Å². The van der Waals surface area contributed by atoms with Gasteiger partial charge in [0, 0.05) is 18.1 Å². The Morgan fingerprint density at radius 3 is 2.63 bits per heavy atom. The van der Waals surface area contributed by atoms with E-state index in [0.29, 0.717) is 47.3 Å². The first-order chi connectivity index (χ1) is 14.8. The van der Waals surface area contributed by atoms with Crippen LogP contribution in [0.15, 0.2) is 54.1 Å². The standard InChI is InChI=1S/C20H19N7OS2/c28-30-10-8-27(9-11-30)19-15-16(25-18(26-19)17-21-6-7-22-17)20(24-13-23-15)29-12-14-4-2-1-3-5-14/h1-7,13H,8-12H2,(H,21,22). The van der Waals surface area contributed by atoms with Crippen molar-refractivity contribution in [3.05, 3.63) is 54.6 Å². The molecular weight excluding hydrogens is 418 g/mol. The SMILES string of the molecule is [O-][S+]1CCN(c2nc(-c3ncc[nH]3)nc3c(SCc4ccccc4)ncnc23)CC1. The summed E-state index contributed by atoms with van der Waals surface area (Å²) in [5, 5.41) is 0.806. The van der Waals surface area contributed by atoms with Crippen LogP contribution in [-0.2, 0) is 16.9 Å². The first kappa shape index (κ1) is 19.3. The molecule has 4 aromatic rings. The first-order valence-corrected chi connectivity index (χ1v) is 12.0. The monoisotopic (exact) mass is 437 g/mol. The minimum Gasteiger partial charge on any atom is -0.616 e. The van der Waals surface area contributed by atoms with Crippen LogP contribution in [0.25, 0.3) is 22.7 Å². The molecule has 0 aliphatic carbocycles. The van der Waals surface area contributed by atoms with Crippen molar-refractivity contribution in [2.75, 3.05) is 29.5 Å². The predicted octanol–water partition coefficient (Wildman–Crippen LogP) is 2.67. The number of aromatic amines is 1. The number of nitrogens with zero attached hydrogens (tertiary/aromatic N) is 6. The van der Waals surface area contributed by atoms with Gasteiger partial charge < -0.3 is 14.4 Å². The molecule has 152 valence electrons. The van der Waals surface area contributed by atoms with Gasteiger partial charge >= 0.3 is 0 Å². The van der Waals surface area contributed by atoms with Crippen molar-refractivity contribution in [2.24, 2.45) is 0 Å². The van der Waals surface area contributed by atoms with E-state index in [1.54, 1.807) is 30.5 Å². The molecule has 0 amide bonds. The summed E-state index contributed by atoms with van der Waals surface area (Å²) in [7, 11) is 0. The molecule has 0 saturated carbocycles. The highest BCUT2D eigenvalue weighted by molar-refractivity contribution is 7.98. The topological polar surface area (TPSA) is 107 Å². The van der Waals surface area contributed by atoms with Gasteiger partial charge in [-0.1, -0.05) is 53.3 Å². The summed E-state index contributed by atoms with van der Waals surface area (Å²) in [6.45, 7) is 1.35. The average Bonchev–Trinajstić information content (AvgIpc) is 3.33. The summed E-state index contributed by atoms with van der Waals surface area (Å²) in [6, 6.07) is 10.3. The smallest absolute Gasteiger partial charge is 0.198 e. The lowest BCUT2D eigenvalue weighted by atomic mass is 10.2. The minimum absolute atomic E-state index is 0.505. The summed E-state index contributed by atoms with van der Waals surface area (Å²) in [5.41, 5.74) is 2.64. The molecule has 1 aliphatic rings. The molecule has 1 fully saturated rings. The molecule has 8 nitrogen and oxygen atoms in total. The van der Waals surface area contributed by atoms with E-state index >= 15 is 0 Å². The van der Waals surface area contributed by atoms with E-state index in [-0.39, 0.29) is 0 Å². The maximum absolute atomic E-state index is 11.8. The van der Waals surface area contributed by atoms with Crippen molar-refractivity contribution in [3.8, 4) is 11.6 Å². The van der Waals surface area contributed by atoms with E-state index in [1.807, 2.05) is 18.2 Å². The molecule has 0 unspecified atom stereocenters. The fourth-order valence-electron chi connectivity index (χ4n) is 3.31. The zero-order valence-corrected chi connectivity index (χ0v) is 17.7. The molecule has 0 bridgehead atoms. The lowest BCUT2D eigenvalue weighted by Gasteiger charge is -2.29. The number of benzene rings is 1. The molecule has 1 aromatic carbocycles. The van der Waals surface area contributed by atoms with Crippen molar-refractivity contribution < 1.29 is 4.55 Å². The summed E-state index contributed by atoms with van der Waals surface area (Å²) in [4.78, 5) is 28.1. The Morgan fingerprint density at radius 2 is 1.87 bits per heavy atom. The van der Waals surface area contributed by atoms with Crippen LogP contribution in [0.3, 0.4) is 0 Å². The zero-order valence-electron chi connectivity index (χ0n) is 16.1. The predicted molar refractivity (Wildman–Crippen MR) is 119 cm³/mol. The fourth-order valence-corrected chi connectivity index (χ4v) is 5.26. The second-order valence-electron chi connectivity index (χ2n) is 6.79. The van der Waals surface area contributed by atoms with Crippen LogP contribution in [0.5, 0.6) is 0 Å². The van der Waals surface area contributed by atoms with Gasteiger partial charge in [0.2, 0.25) is 0 Å². The number of imidazole rings is 1. The van der Waals surface area contributed by atoms with E-state index in [2.05, 4.69) is 37.0 Å². The Morgan fingerprint density at radius 1 is 1.03 bits per heavy atom. The van der Waals surface area contributed by atoms with Crippen LogP contribution >= 0.6 is 11.8 Å². The third-order valence-electron chi connectivity index (χ3n) is 4.84. The number of nitrogens with one attached hydrogen (secondary N) is 1. The fraction of sp³-hybridized carbons (Fsp3) is 0.250. The van der Waals surface area contributed by atoms with Crippen molar-refractivity contribution in [2.45, 2.75) is 10.8 Å². The molecule has 0 spiro atoms. The minimum atomic E-state index is -0.772. The Hall–Kier alpha value is -2.69. The van der Waals surface area contributed by atoms with Gasteiger partial charge in [-0.2, -0.15) is 0 Å². The summed E-state index contributed by atoms with van der Waals surface area (Å²) >= 11 is 0.853. The number of rotatable bonds is 5. The van der Waals surface area contributed by atoms with Gasteiger partial charge in [-0.15, -0.1) is 0 Å². The largest absolute Gasteiger partial charge is 0.616 e. The molecule has 0 atom stereocenters. The maximum atomic E-state index is 11.8. The van der Waals surface area contributed by atoms with Crippen LogP contribution in [0, 0.1) is 0 Å². The van der Waals surface area contributed by atoms with Crippen LogP contribution < -0.4 is 4.90 Å². The number of fused-ring (bicyclic) bond motifs is 1. The molecule has 5 rings (SSSR count). The van der Waals surface area contributed by atoms with Gasteiger partial charge in [0.25, 0.3) is 0 Å². The van der Waals surface area contributed by atoms with Gasteiger partial charge in [0.1, 0.15) is 33.9 Å². The summed E-state index contributed by atoms with van der Waals surface area (Å²) in [5.74, 6) is 3.88. The van der Waals surface area contributed by atoms with Crippen LogP contribution in [0.4, 0.5) is 5.82 Å². The second kappa shape index (κ2) is 8.58. The highest BCUT2D eigenvalue weighted by atomic mass is 32.2. The molecule has 3 aromatic heterocycles. The number of hydrogen-bond donors (Lipinski definition) is 1. The normalized spacial score (nSPS) is 15.0. The molecule has 10 heteroatoms. The molecule has 1 N–H and O–H groups in total. The van der Waals surface area contributed by atoms with Gasteiger partial charge in [-0.25, -0.2) is 24.9 Å². The van der Waals surface area contributed by atoms with Crippen molar-refractivity contribution in [3.63, 3.8) is 0 Å². The van der Waals surface area contributed by atoms with Crippen LogP contribution in [-0.4, -0.2) is 59.1 Å². The van der Waals surface area contributed by atoms with Crippen molar-refractivity contribution in [1.29, 1.82) is 0 Å². The third-order valence-corrected chi connectivity index (χ3v) is 7.16. The summed E-state index contributed by atoms with van der Waals surface area (Å²) in [6.07, 6.45) is 5.00. The lowest BCUT2D eigenvalue weighted by molar-refractivity contribution is 0.585. The number of H-pyrrole nitrogens is 1. The number of thioether (sulfide) groups is 1. The Kier molecular flexibility index (Phi) is 5.52. The van der Waals surface area contributed by atoms with E-state index in [9.17, 15) is 4.55 Å². The molecule has 1 aliphatic heterocycles. The van der Waals surface area contributed by atoms with E-state index in [0.717, 1.165) is 16.6 Å². The van der Waals surface area contributed by atoms with E-state index in [1.165, 1.54) is 5.56 Å². The van der Waals surface area contributed by atoms with E-state index < -0.39 is 11.2 Å². The van der Waals surface area contributed by atoms with Crippen molar-refractivity contribution >= 4 is 39.8 Å². The van der Waals surface area contributed by atoms with Crippen LogP contribution in [0.2, 0.25) is 0 Å². The average molecular weight is 438 g/mol. The second-order valence-corrected chi connectivity index (χ2v) is 9.45. The third kappa shape index (κ3) is 3.98. The molecule has 30 heavy (non-hydrogen) atoms. The van der Waals surface area contributed by atoms with Gasteiger partial charge in [-0.05, 0) is 5.56 Å². The molecule has 0 radical (unpaired) electrons. The highest BCUT2D eigenvalue weighted by Crippen LogP contribution is 2.32. The number of hydrogen-bond acceptors (Lipinski definition) is 8. The highest BCUT2D eigenvalue weighted by Gasteiger charge is 2.25. The van der Waals surface area contributed by atoms with Crippen molar-refractivity contribution in [1.82, 2.24) is 29.9 Å². The Labute approximate surface area is 180 Å². The molecule has 1 saturated heterocycles. The first-order valence-electron chi connectivity index (χ1n) is 9.57. The zero-order chi connectivity index (χ0) is 20.3. The maximum Gasteiger partial charge on any atom is 0.198 e. The van der Waals surface area contributed by atoms with Gasteiger partial charge in [0.15, 0.2) is 17.5 Å². The number of anilines is 1. The molecule has 4 heterocycles. The van der Waals surface area contributed by atoms with E-state index in [4.69, 9.17) is 9.97 Å². The lowest BCUT2D eigenvalue weighted by Crippen LogP contribution is -2.41. The quantitative estimate of drug-likeness (QED) is 0.289. The van der Waals surface area contributed by atoms with Gasteiger partial charge in [-0.3, -0.25) is 0 Å². The number of aromatic nitrogens is 6.